The Morgan fingerprint density at radius 1 is 1.39 bits per heavy atom. The number of anilines is 1. The van der Waals surface area contributed by atoms with E-state index in [2.05, 4.69) is 15.3 Å². The molecule has 0 amide bonds. The molecule has 6 nitrogen and oxygen atoms in total. The average molecular weight is 250 g/mol. The quantitative estimate of drug-likeness (QED) is 0.789. The van der Waals surface area contributed by atoms with E-state index in [1.807, 2.05) is 37.7 Å². The summed E-state index contributed by atoms with van der Waals surface area (Å²) in [5.41, 5.74) is 0.707. The number of hydrogen-bond acceptors (Lipinski definition) is 5. The topological polar surface area (TPSA) is 60.7 Å². The zero-order valence-corrected chi connectivity index (χ0v) is 10.9. The van der Waals surface area contributed by atoms with Crippen LogP contribution in [0.3, 0.4) is 0 Å². The van der Waals surface area contributed by atoms with Gasteiger partial charge in [0.15, 0.2) is 0 Å². The fraction of sp³-hybridized carbons (Fsp3) is 0.500. The minimum Gasteiger partial charge on any atom is -0.473 e. The van der Waals surface area contributed by atoms with Crippen LogP contribution in [-0.2, 0) is 4.74 Å². The van der Waals surface area contributed by atoms with Crippen LogP contribution in [0.5, 0.6) is 5.88 Å². The van der Waals surface area contributed by atoms with E-state index < -0.39 is 0 Å². The fourth-order valence-electron chi connectivity index (χ4n) is 1.54. The largest absolute Gasteiger partial charge is 0.473 e. The van der Waals surface area contributed by atoms with E-state index in [1.54, 1.807) is 6.20 Å². The lowest BCUT2D eigenvalue weighted by Crippen LogP contribution is -2.12. The molecule has 0 radical (unpaired) electrons. The van der Waals surface area contributed by atoms with Gasteiger partial charge in [0.2, 0.25) is 5.65 Å². The van der Waals surface area contributed by atoms with Crippen LogP contribution in [-0.4, -0.2) is 40.7 Å². The molecule has 2 heterocycles. The molecule has 0 unspecified atom stereocenters. The molecule has 6 heteroatoms. The Balaban J connectivity index is 2.08. The Morgan fingerprint density at radius 3 is 2.94 bits per heavy atom. The molecule has 2 rings (SSSR count). The molecule has 18 heavy (non-hydrogen) atoms. The number of nitrogens with one attached hydrogen (secondary N) is 1. The summed E-state index contributed by atoms with van der Waals surface area (Å²) >= 11 is 0. The van der Waals surface area contributed by atoms with Gasteiger partial charge in [-0.15, -0.1) is 0 Å². The second-order valence-corrected chi connectivity index (χ2v) is 4.11. The zero-order valence-electron chi connectivity index (χ0n) is 10.9. The minimum atomic E-state index is 0.205. The highest BCUT2D eigenvalue weighted by atomic mass is 16.5. The number of rotatable bonds is 6. The third kappa shape index (κ3) is 2.89. The van der Waals surface area contributed by atoms with Crippen LogP contribution in [0.15, 0.2) is 18.6 Å². The van der Waals surface area contributed by atoms with Gasteiger partial charge in [-0.05, 0) is 13.8 Å². The predicted molar refractivity (Wildman–Crippen MR) is 69.1 cm³/mol. The van der Waals surface area contributed by atoms with Crippen molar-refractivity contribution in [2.45, 2.75) is 20.0 Å². The number of imidazole rings is 1. The Kier molecular flexibility index (Phi) is 3.99. The van der Waals surface area contributed by atoms with Gasteiger partial charge in [-0.25, -0.2) is 4.98 Å². The highest BCUT2D eigenvalue weighted by molar-refractivity contribution is 5.53. The van der Waals surface area contributed by atoms with Crippen molar-refractivity contribution in [3.8, 4) is 5.88 Å². The lowest BCUT2D eigenvalue weighted by Gasteiger charge is -2.10. The van der Waals surface area contributed by atoms with Crippen LogP contribution in [0.4, 0.5) is 5.82 Å². The van der Waals surface area contributed by atoms with E-state index in [9.17, 15) is 0 Å². The Morgan fingerprint density at radius 2 is 2.22 bits per heavy atom. The summed E-state index contributed by atoms with van der Waals surface area (Å²) in [5.74, 6) is 1.25. The minimum absolute atomic E-state index is 0.205. The molecule has 0 saturated carbocycles. The van der Waals surface area contributed by atoms with Crippen molar-refractivity contribution < 1.29 is 9.47 Å². The monoisotopic (exact) mass is 250 g/mol. The summed E-state index contributed by atoms with van der Waals surface area (Å²) in [7, 11) is 1.82. The van der Waals surface area contributed by atoms with Crippen molar-refractivity contribution in [3.63, 3.8) is 0 Å². The number of ether oxygens (including phenoxy) is 2. The summed E-state index contributed by atoms with van der Waals surface area (Å²) in [6.07, 6.45) is 5.64. The van der Waals surface area contributed by atoms with Gasteiger partial charge in [0, 0.05) is 19.4 Å². The standard InChI is InChI=1S/C12H18N4O2/c1-9(2)17-6-7-18-12-11-14-4-5-16(11)8-10(13-3)15-12/h4-5,8-9,13H,6-7H2,1-3H3. The molecule has 2 aromatic rings. The highest BCUT2D eigenvalue weighted by Crippen LogP contribution is 2.18. The van der Waals surface area contributed by atoms with Crippen molar-refractivity contribution in [3.05, 3.63) is 18.6 Å². The smallest absolute Gasteiger partial charge is 0.260 e. The Bertz CT molecular complexity index is 510. The molecule has 0 aromatic carbocycles. The molecule has 0 atom stereocenters. The first-order chi connectivity index (χ1) is 8.70. The van der Waals surface area contributed by atoms with Crippen LogP contribution in [0, 0.1) is 0 Å². The van der Waals surface area contributed by atoms with Gasteiger partial charge in [0.25, 0.3) is 5.88 Å². The molecule has 0 bridgehead atoms. The molecule has 1 N–H and O–H groups in total. The maximum atomic E-state index is 5.61. The molecular formula is C12H18N4O2. The van der Waals surface area contributed by atoms with Crippen molar-refractivity contribution in [2.24, 2.45) is 0 Å². The molecule has 0 aliphatic rings. The summed E-state index contributed by atoms with van der Waals surface area (Å²) in [6.45, 7) is 4.98. The van der Waals surface area contributed by atoms with Gasteiger partial charge < -0.3 is 14.8 Å². The fourth-order valence-corrected chi connectivity index (χ4v) is 1.54. The lowest BCUT2D eigenvalue weighted by atomic mass is 10.5. The molecule has 2 aromatic heterocycles. The van der Waals surface area contributed by atoms with Crippen LogP contribution < -0.4 is 10.1 Å². The van der Waals surface area contributed by atoms with E-state index >= 15 is 0 Å². The Labute approximate surface area is 106 Å². The van der Waals surface area contributed by atoms with Crippen LogP contribution in [0.25, 0.3) is 5.65 Å². The first-order valence-corrected chi connectivity index (χ1v) is 5.96. The van der Waals surface area contributed by atoms with Gasteiger partial charge in [-0.2, -0.15) is 4.98 Å². The maximum Gasteiger partial charge on any atom is 0.260 e. The van der Waals surface area contributed by atoms with E-state index in [-0.39, 0.29) is 6.10 Å². The van der Waals surface area contributed by atoms with Gasteiger partial charge >= 0.3 is 0 Å². The summed E-state index contributed by atoms with van der Waals surface area (Å²) in [6, 6.07) is 0. The van der Waals surface area contributed by atoms with E-state index in [0.717, 1.165) is 5.82 Å². The van der Waals surface area contributed by atoms with Crippen LogP contribution >= 0.6 is 0 Å². The second-order valence-electron chi connectivity index (χ2n) is 4.11. The molecular weight excluding hydrogens is 232 g/mol. The first-order valence-electron chi connectivity index (χ1n) is 5.96. The third-order valence-electron chi connectivity index (χ3n) is 2.37. The average Bonchev–Trinajstić information content (AvgIpc) is 2.82. The van der Waals surface area contributed by atoms with Crippen molar-refractivity contribution in [1.29, 1.82) is 0 Å². The van der Waals surface area contributed by atoms with Crippen LogP contribution in [0.2, 0.25) is 0 Å². The molecule has 98 valence electrons. The summed E-state index contributed by atoms with van der Waals surface area (Å²) < 4.78 is 12.9. The lowest BCUT2D eigenvalue weighted by molar-refractivity contribution is 0.0545. The van der Waals surface area contributed by atoms with E-state index in [0.29, 0.717) is 24.7 Å². The summed E-state index contributed by atoms with van der Waals surface area (Å²) in [4.78, 5) is 8.55. The number of hydrogen-bond donors (Lipinski definition) is 1. The molecule has 0 saturated heterocycles. The van der Waals surface area contributed by atoms with Gasteiger partial charge in [0.1, 0.15) is 12.4 Å². The summed E-state index contributed by atoms with van der Waals surface area (Å²) in [5, 5.41) is 2.99. The molecule has 0 aliphatic heterocycles. The van der Waals surface area contributed by atoms with Gasteiger partial charge in [-0.3, -0.25) is 4.40 Å². The molecule has 0 spiro atoms. The molecule has 0 aliphatic carbocycles. The number of aromatic nitrogens is 3. The predicted octanol–water partition coefficient (Wildman–Crippen LogP) is 1.57. The van der Waals surface area contributed by atoms with Crippen molar-refractivity contribution in [1.82, 2.24) is 14.4 Å². The van der Waals surface area contributed by atoms with Crippen molar-refractivity contribution in [2.75, 3.05) is 25.6 Å². The SMILES string of the molecule is CNc1cn2ccnc2c(OCCOC(C)C)n1. The van der Waals surface area contributed by atoms with E-state index in [1.165, 1.54) is 0 Å². The second kappa shape index (κ2) is 5.68. The zero-order chi connectivity index (χ0) is 13.0. The van der Waals surface area contributed by atoms with Crippen molar-refractivity contribution >= 4 is 11.5 Å². The van der Waals surface area contributed by atoms with Gasteiger partial charge in [-0.1, -0.05) is 0 Å². The third-order valence-corrected chi connectivity index (χ3v) is 2.37. The number of nitrogens with zero attached hydrogens (tertiary/aromatic N) is 3. The Hall–Kier alpha value is -1.82. The first kappa shape index (κ1) is 12.6. The maximum absolute atomic E-state index is 5.61. The number of fused-ring (bicyclic) bond motifs is 1. The van der Waals surface area contributed by atoms with E-state index in [4.69, 9.17) is 9.47 Å². The highest BCUT2D eigenvalue weighted by Gasteiger charge is 2.08. The van der Waals surface area contributed by atoms with Crippen LogP contribution in [0.1, 0.15) is 13.8 Å². The normalized spacial score (nSPS) is 11.1. The van der Waals surface area contributed by atoms with Gasteiger partial charge in [0.05, 0.1) is 18.9 Å². The molecule has 0 fully saturated rings.